The van der Waals surface area contributed by atoms with Crippen LogP contribution in [0.4, 0.5) is 11.5 Å². The predicted molar refractivity (Wildman–Crippen MR) is 86.4 cm³/mol. The molecule has 3 nitrogen and oxygen atoms in total. The molecular weight excluding hydrogens is 314 g/mol. The molecule has 100 valence electrons. The number of aromatic nitrogens is 2. The van der Waals surface area contributed by atoms with Gasteiger partial charge in [0.2, 0.25) is 0 Å². The van der Waals surface area contributed by atoms with Crippen LogP contribution in [0.3, 0.4) is 0 Å². The van der Waals surface area contributed by atoms with Crippen LogP contribution >= 0.6 is 15.9 Å². The van der Waals surface area contributed by atoms with Crippen molar-refractivity contribution in [3.63, 3.8) is 0 Å². The molecule has 0 atom stereocenters. The van der Waals surface area contributed by atoms with Gasteiger partial charge >= 0.3 is 0 Å². The molecule has 3 aromatic rings. The summed E-state index contributed by atoms with van der Waals surface area (Å²) in [6, 6.07) is 12.2. The van der Waals surface area contributed by atoms with Crippen LogP contribution < -0.4 is 5.32 Å². The van der Waals surface area contributed by atoms with E-state index in [1.165, 1.54) is 0 Å². The van der Waals surface area contributed by atoms with Crippen LogP contribution in [0.1, 0.15) is 11.3 Å². The summed E-state index contributed by atoms with van der Waals surface area (Å²) in [4.78, 5) is 8.97. The van der Waals surface area contributed by atoms with Gasteiger partial charge < -0.3 is 5.32 Å². The van der Waals surface area contributed by atoms with Gasteiger partial charge in [-0.25, -0.2) is 4.98 Å². The molecule has 0 aliphatic heterocycles. The number of anilines is 2. The summed E-state index contributed by atoms with van der Waals surface area (Å²) in [5.74, 6) is 0.811. The van der Waals surface area contributed by atoms with Crippen LogP contribution in [0, 0.1) is 13.8 Å². The minimum Gasteiger partial charge on any atom is -0.339 e. The number of hydrogen-bond acceptors (Lipinski definition) is 3. The minimum atomic E-state index is 0.811. The quantitative estimate of drug-likeness (QED) is 0.737. The first-order chi connectivity index (χ1) is 9.63. The Bertz CT molecular complexity index is 784. The first kappa shape index (κ1) is 13.1. The lowest BCUT2D eigenvalue weighted by Gasteiger charge is -2.11. The third-order valence-electron chi connectivity index (χ3n) is 3.08. The molecule has 0 unspecified atom stereocenters. The third kappa shape index (κ3) is 2.51. The summed E-state index contributed by atoms with van der Waals surface area (Å²) in [6.45, 7) is 4.02. The van der Waals surface area contributed by atoms with E-state index in [4.69, 9.17) is 0 Å². The zero-order valence-corrected chi connectivity index (χ0v) is 12.9. The highest BCUT2D eigenvalue weighted by Gasteiger charge is 2.07. The van der Waals surface area contributed by atoms with Crippen molar-refractivity contribution in [3.05, 3.63) is 58.3 Å². The second-order valence-corrected chi connectivity index (χ2v) is 5.65. The van der Waals surface area contributed by atoms with E-state index in [0.29, 0.717) is 0 Å². The average molecular weight is 328 g/mol. The molecule has 0 spiro atoms. The van der Waals surface area contributed by atoms with Crippen molar-refractivity contribution in [3.8, 4) is 0 Å². The highest BCUT2D eigenvalue weighted by molar-refractivity contribution is 9.10. The molecule has 0 amide bonds. The standard InChI is InChI=1S/C16H14BrN3/c1-10-7-13(17)16(18-9-10)20-15-8-11(2)19-14-6-4-3-5-12(14)15/h3-9H,1-2H3,(H,18,19,20). The number of nitrogens with zero attached hydrogens (tertiary/aromatic N) is 2. The highest BCUT2D eigenvalue weighted by atomic mass is 79.9. The molecule has 2 heterocycles. The van der Waals surface area contributed by atoms with Gasteiger partial charge in [-0.2, -0.15) is 0 Å². The number of pyridine rings is 2. The number of halogens is 1. The van der Waals surface area contributed by atoms with Gasteiger partial charge in [-0.15, -0.1) is 0 Å². The van der Waals surface area contributed by atoms with Gasteiger partial charge in [0.25, 0.3) is 0 Å². The Hall–Kier alpha value is -1.94. The molecule has 0 aliphatic carbocycles. The summed E-state index contributed by atoms with van der Waals surface area (Å²) in [6.07, 6.45) is 1.85. The van der Waals surface area contributed by atoms with E-state index in [1.54, 1.807) is 0 Å². The Morgan fingerprint density at radius 1 is 1.10 bits per heavy atom. The second-order valence-electron chi connectivity index (χ2n) is 4.80. The molecule has 3 rings (SSSR count). The number of hydrogen-bond donors (Lipinski definition) is 1. The fourth-order valence-corrected chi connectivity index (χ4v) is 2.73. The molecule has 0 bridgehead atoms. The maximum absolute atomic E-state index is 4.54. The number of aryl methyl sites for hydroxylation is 2. The van der Waals surface area contributed by atoms with E-state index < -0.39 is 0 Å². The van der Waals surface area contributed by atoms with Gasteiger partial charge in [0.05, 0.1) is 15.7 Å². The molecule has 1 aromatic carbocycles. The van der Waals surface area contributed by atoms with Crippen molar-refractivity contribution in [2.45, 2.75) is 13.8 Å². The lowest BCUT2D eigenvalue weighted by atomic mass is 10.1. The van der Waals surface area contributed by atoms with Gasteiger partial charge in [0.1, 0.15) is 5.82 Å². The molecule has 0 saturated heterocycles. The maximum Gasteiger partial charge on any atom is 0.144 e. The molecule has 0 fully saturated rings. The summed E-state index contributed by atoms with van der Waals surface area (Å²) < 4.78 is 0.955. The summed E-state index contributed by atoms with van der Waals surface area (Å²) in [5.41, 5.74) is 4.11. The van der Waals surface area contributed by atoms with E-state index in [1.807, 2.05) is 50.4 Å². The number of fused-ring (bicyclic) bond motifs is 1. The number of para-hydroxylation sites is 1. The van der Waals surface area contributed by atoms with Crippen LogP contribution in [0.25, 0.3) is 10.9 Å². The number of nitrogens with one attached hydrogen (secondary N) is 1. The van der Waals surface area contributed by atoms with Crippen LogP contribution in [0.2, 0.25) is 0 Å². The topological polar surface area (TPSA) is 37.8 Å². The molecular formula is C16H14BrN3. The molecule has 1 N–H and O–H groups in total. The van der Waals surface area contributed by atoms with Crippen molar-refractivity contribution in [1.82, 2.24) is 9.97 Å². The van der Waals surface area contributed by atoms with E-state index in [2.05, 4.69) is 37.3 Å². The SMILES string of the molecule is Cc1cnc(Nc2cc(C)nc3ccccc23)c(Br)c1. The fraction of sp³-hybridized carbons (Fsp3) is 0.125. The Morgan fingerprint density at radius 2 is 1.90 bits per heavy atom. The van der Waals surface area contributed by atoms with Crippen molar-refractivity contribution in [2.75, 3.05) is 5.32 Å². The summed E-state index contributed by atoms with van der Waals surface area (Å²) in [7, 11) is 0. The Morgan fingerprint density at radius 3 is 2.70 bits per heavy atom. The van der Waals surface area contributed by atoms with Crippen molar-refractivity contribution in [1.29, 1.82) is 0 Å². The van der Waals surface area contributed by atoms with Crippen molar-refractivity contribution < 1.29 is 0 Å². The van der Waals surface area contributed by atoms with Crippen LogP contribution in [-0.2, 0) is 0 Å². The summed E-state index contributed by atoms with van der Waals surface area (Å²) in [5, 5.41) is 4.48. The van der Waals surface area contributed by atoms with Crippen LogP contribution in [0.15, 0.2) is 47.1 Å². The molecule has 20 heavy (non-hydrogen) atoms. The lowest BCUT2D eigenvalue weighted by molar-refractivity contribution is 1.23. The monoisotopic (exact) mass is 327 g/mol. The van der Waals surface area contributed by atoms with Gasteiger partial charge in [-0.1, -0.05) is 18.2 Å². The van der Waals surface area contributed by atoms with Crippen LogP contribution in [-0.4, -0.2) is 9.97 Å². The average Bonchev–Trinajstić information content (AvgIpc) is 2.41. The molecule has 4 heteroatoms. The van der Waals surface area contributed by atoms with Gasteiger partial charge in [0, 0.05) is 17.3 Å². The maximum atomic E-state index is 4.54. The molecule has 0 saturated carbocycles. The normalized spacial score (nSPS) is 10.8. The van der Waals surface area contributed by atoms with E-state index in [0.717, 1.165) is 38.1 Å². The minimum absolute atomic E-state index is 0.811. The predicted octanol–water partition coefficient (Wildman–Crippen LogP) is 4.75. The van der Waals surface area contributed by atoms with Crippen molar-refractivity contribution >= 4 is 38.3 Å². The third-order valence-corrected chi connectivity index (χ3v) is 3.68. The summed E-state index contributed by atoms with van der Waals surface area (Å²) >= 11 is 3.55. The van der Waals surface area contributed by atoms with Crippen LogP contribution in [0.5, 0.6) is 0 Å². The Kier molecular flexibility index (Phi) is 3.40. The Balaban J connectivity index is 2.10. The first-order valence-corrected chi connectivity index (χ1v) is 7.18. The Labute approximate surface area is 126 Å². The second kappa shape index (κ2) is 5.21. The molecule has 0 radical (unpaired) electrons. The van der Waals surface area contributed by atoms with Crippen molar-refractivity contribution in [2.24, 2.45) is 0 Å². The van der Waals surface area contributed by atoms with E-state index >= 15 is 0 Å². The number of benzene rings is 1. The van der Waals surface area contributed by atoms with Gasteiger partial charge in [-0.3, -0.25) is 4.98 Å². The van der Waals surface area contributed by atoms with Gasteiger partial charge in [-0.05, 0) is 53.5 Å². The number of rotatable bonds is 2. The molecule has 2 aromatic heterocycles. The van der Waals surface area contributed by atoms with E-state index in [9.17, 15) is 0 Å². The lowest BCUT2D eigenvalue weighted by Crippen LogP contribution is -1.98. The smallest absolute Gasteiger partial charge is 0.144 e. The van der Waals surface area contributed by atoms with E-state index in [-0.39, 0.29) is 0 Å². The first-order valence-electron chi connectivity index (χ1n) is 6.39. The van der Waals surface area contributed by atoms with Gasteiger partial charge in [0.15, 0.2) is 0 Å². The zero-order valence-electron chi connectivity index (χ0n) is 11.3. The fourth-order valence-electron chi connectivity index (χ4n) is 2.16. The largest absolute Gasteiger partial charge is 0.339 e. The molecule has 0 aliphatic rings. The zero-order chi connectivity index (χ0) is 14.1. The highest BCUT2D eigenvalue weighted by Crippen LogP contribution is 2.29.